The minimum atomic E-state index is 0.271. The van der Waals surface area contributed by atoms with Crippen molar-refractivity contribution >= 4 is 12.5 Å². The lowest BCUT2D eigenvalue weighted by Crippen LogP contribution is -2.05. The van der Waals surface area contributed by atoms with Gasteiger partial charge in [0.15, 0.2) is 0 Å². The molecule has 0 saturated heterocycles. The zero-order valence-electron chi connectivity index (χ0n) is 7.81. The third kappa shape index (κ3) is 3.31. The molecule has 0 bridgehead atoms. The molecule has 0 radical (unpaired) electrons. The van der Waals surface area contributed by atoms with Gasteiger partial charge in [-0.25, -0.2) is 0 Å². The molecule has 14 heavy (non-hydrogen) atoms. The van der Waals surface area contributed by atoms with Gasteiger partial charge in [0.2, 0.25) is 0 Å². The molecule has 0 N–H and O–H groups in total. The van der Waals surface area contributed by atoms with Gasteiger partial charge in [0.1, 0.15) is 19.0 Å². The highest BCUT2D eigenvalue weighted by molar-refractivity contribution is 5.48. The average Bonchev–Trinajstić information content (AvgIpc) is 2.25. The maximum atomic E-state index is 9.81. The van der Waals surface area contributed by atoms with Crippen LogP contribution in [0.5, 0.6) is 5.75 Å². The van der Waals surface area contributed by atoms with Gasteiger partial charge in [0.05, 0.1) is 0 Å². The van der Waals surface area contributed by atoms with E-state index in [1.807, 2.05) is 24.3 Å². The second kappa shape index (κ2) is 5.80. The molecule has 74 valence electrons. The molecule has 0 amide bonds. The molecule has 1 rings (SSSR count). The molecule has 0 heterocycles. The summed E-state index contributed by atoms with van der Waals surface area (Å²) in [6.07, 6.45) is 1.76. The van der Waals surface area contributed by atoms with E-state index in [2.05, 4.69) is 11.3 Å². The Kier molecular flexibility index (Phi) is 4.27. The fourth-order valence-electron chi connectivity index (χ4n) is 0.956. The van der Waals surface area contributed by atoms with Crippen LogP contribution in [0.2, 0.25) is 0 Å². The maximum Gasteiger partial charge on any atom is 0.293 e. The van der Waals surface area contributed by atoms with Gasteiger partial charge in [-0.3, -0.25) is 4.79 Å². The van der Waals surface area contributed by atoms with Gasteiger partial charge >= 0.3 is 0 Å². The molecule has 0 fully saturated rings. The normalized spacial score (nSPS) is 9.14. The van der Waals surface area contributed by atoms with E-state index in [0.29, 0.717) is 13.1 Å². The van der Waals surface area contributed by atoms with Crippen LogP contribution in [0.3, 0.4) is 0 Å². The molecule has 0 saturated carbocycles. The van der Waals surface area contributed by atoms with Crippen LogP contribution >= 0.6 is 0 Å². The summed E-state index contributed by atoms with van der Waals surface area (Å²) >= 11 is 0. The van der Waals surface area contributed by atoms with Crippen molar-refractivity contribution in [3.63, 3.8) is 0 Å². The minimum absolute atomic E-state index is 0.271. The van der Waals surface area contributed by atoms with Crippen LogP contribution in [0.25, 0.3) is 6.08 Å². The van der Waals surface area contributed by atoms with Crippen molar-refractivity contribution in [3.8, 4) is 5.75 Å². The number of carbonyl (C=O) groups is 1. The van der Waals surface area contributed by atoms with Crippen molar-refractivity contribution in [1.82, 2.24) is 0 Å². The first kappa shape index (κ1) is 10.3. The van der Waals surface area contributed by atoms with Crippen LogP contribution < -0.4 is 4.74 Å². The third-order valence-corrected chi connectivity index (χ3v) is 1.65. The Bertz CT molecular complexity index is 290. The van der Waals surface area contributed by atoms with Crippen molar-refractivity contribution in [3.05, 3.63) is 36.4 Å². The van der Waals surface area contributed by atoms with Gasteiger partial charge in [-0.15, -0.1) is 0 Å². The SMILES string of the molecule is C=Cc1ccc(OCCOC=O)cc1. The lowest BCUT2D eigenvalue weighted by molar-refractivity contribution is -0.129. The molecule has 0 spiro atoms. The monoisotopic (exact) mass is 192 g/mol. The summed E-state index contributed by atoms with van der Waals surface area (Å²) < 4.78 is 9.77. The summed E-state index contributed by atoms with van der Waals surface area (Å²) in [5.41, 5.74) is 1.04. The van der Waals surface area contributed by atoms with Crippen LogP contribution in [0.15, 0.2) is 30.8 Å². The van der Waals surface area contributed by atoms with Crippen LogP contribution in [-0.2, 0) is 9.53 Å². The van der Waals surface area contributed by atoms with Gasteiger partial charge in [-0.05, 0) is 17.7 Å². The zero-order chi connectivity index (χ0) is 10.2. The highest BCUT2D eigenvalue weighted by atomic mass is 16.5. The Balaban J connectivity index is 2.36. The average molecular weight is 192 g/mol. The van der Waals surface area contributed by atoms with E-state index in [9.17, 15) is 4.79 Å². The fourth-order valence-corrected chi connectivity index (χ4v) is 0.956. The first-order valence-corrected chi connectivity index (χ1v) is 4.27. The van der Waals surface area contributed by atoms with E-state index in [1.165, 1.54) is 0 Å². The Morgan fingerprint density at radius 2 is 1.93 bits per heavy atom. The van der Waals surface area contributed by atoms with Crippen molar-refractivity contribution in [2.75, 3.05) is 13.2 Å². The van der Waals surface area contributed by atoms with Gasteiger partial charge in [0, 0.05) is 0 Å². The summed E-state index contributed by atoms with van der Waals surface area (Å²) in [7, 11) is 0. The molecule has 1 aromatic carbocycles. The molecule has 0 aliphatic rings. The number of ether oxygens (including phenoxy) is 2. The Morgan fingerprint density at radius 3 is 2.50 bits per heavy atom. The Morgan fingerprint density at radius 1 is 1.21 bits per heavy atom. The fraction of sp³-hybridized carbons (Fsp3) is 0.182. The van der Waals surface area contributed by atoms with Crippen molar-refractivity contribution in [2.24, 2.45) is 0 Å². The molecule has 3 heteroatoms. The largest absolute Gasteiger partial charge is 0.490 e. The molecule has 3 nitrogen and oxygen atoms in total. The van der Waals surface area contributed by atoms with E-state index >= 15 is 0 Å². The summed E-state index contributed by atoms with van der Waals surface area (Å²) in [6, 6.07) is 7.50. The summed E-state index contributed by atoms with van der Waals surface area (Å²) in [6.45, 7) is 4.69. The van der Waals surface area contributed by atoms with Gasteiger partial charge in [0.25, 0.3) is 6.47 Å². The second-order valence-corrected chi connectivity index (χ2v) is 2.59. The highest BCUT2D eigenvalue weighted by Gasteiger charge is 1.92. The first-order chi connectivity index (χ1) is 6.86. The highest BCUT2D eigenvalue weighted by Crippen LogP contribution is 2.12. The van der Waals surface area contributed by atoms with Gasteiger partial charge in [-0.1, -0.05) is 24.8 Å². The summed E-state index contributed by atoms with van der Waals surface area (Å²) in [5.74, 6) is 0.755. The molecule has 0 aliphatic heterocycles. The number of carbonyl (C=O) groups excluding carboxylic acids is 1. The molecule has 0 aliphatic carbocycles. The standard InChI is InChI=1S/C11H12O3/c1-2-10-3-5-11(6-4-10)14-8-7-13-9-12/h2-6,9H,1,7-8H2. The first-order valence-electron chi connectivity index (χ1n) is 4.27. The number of hydrogen-bond acceptors (Lipinski definition) is 3. The van der Waals surface area contributed by atoms with E-state index in [0.717, 1.165) is 11.3 Å². The lowest BCUT2D eigenvalue weighted by Gasteiger charge is -2.04. The van der Waals surface area contributed by atoms with Crippen molar-refractivity contribution in [2.45, 2.75) is 0 Å². The van der Waals surface area contributed by atoms with Gasteiger partial charge < -0.3 is 9.47 Å². The number of rotatable bonds is 6. The van der Waals surface area contributed by atoms with Gasteiger partial charge in [-0.2, -0.15) is 0 Å². The van der Waals surface area contributed by atoms with E-state index < -0.39 is 0 Å². The molecule has 0 unspecified atom stereocenters. The Hall–Kier alpha value is -1.77. The van der Waals surface area contributed by atoms with Crippen LogP contribution in [0, 0.1) is 0 Å². The van der Waals surface area contributed by atoms with Crippen LogP contribution in [0.1, 0.15) is 5.56 Å². The van der Waals surface area contributed by atoms with E-state index in [-0.39, 0.29) is 6.61 Å². The smallest absolute Gasteiger partial charge is 0.293 e. The molecule has 1 aromatic rings. The van der Waals surface area contributed by atoms with Crippen molar-refractivity contribution in [1.29, 1.82) is 0 Å². The minimum Gasteiger partial charge on any atom is -0.490 e. The predicted octanol–water partition coefficient (Wildman–Crippen LogP) is 1.88. The number of hydrogen-bond donors (Lipinski definition) is 0. The molecular formula is C11H12O3. The topological polar surface area (TPSA) is 35.5 Å². The van der Waals surface area contributed by atoms with E-state index in [4.69, 9.17) is 4.74 Å². The molecular weight excluding hydrogens is 180 g/mol. The van der Waals surface area contributed by atoms with Crippen molar-refractivity contribution < 1.29 is 14.3 Å². The van der Waals surface area contributed by atoms with Crippen LogP contribution in [-0.4, -0.2) is 19.7 Å². The second-order valence-electron chi connectivity index (χ2n) is 2.59. The Labute approximate surface area is 83.0 Å². The maximum absolute atomic E-state index is 9.81. The molecule has 0 atom stereocenters. The zero-order valence-corrected chi connectivity index (χ0v) is 7.81. The quantitative estimate of drug-likeness (QED) is 0.510. The van der Waals surface area contributed by atoms with E-state index in [1.54, 1.807) is 6.08 Å². The molecule has 0 aromatic heterocycles. The predicted molar refractivity (Wildman–Crippen MR) is 54.0 cm³/mol. The third-order valence-electron chi connectivity index (χ3n) is 1.65. The summed E-state index contributed by atoms with van der Waals surface area (Å²) in [5, 5.41) is 0. The number of benzene rings is 1. The lowest BCUT2D eigenvalue weighted by atomic mass is 10.2. The van der Waals surface area contributed by atoms with Crippen LogP contribution in [0.4, 0.5) is 0 Å². The summed E-state index contributed by atoms with van der Waals surface area (Å²) in [4.78, 5) is 9.81.